The molecule has 0 bridgehead atoms. The second kappa shape index (κ2) is 8.29. The van der Waals surface area contributed by atoms with Crippen LogP contribution in [-0.2, 0) is 21.4 Å². The van der Waals surface area contributed by atoms with Gasteiger partial charge in [-0.05, 0) is 56.7 Å². The van der Waals surface area contributed by atoms with E-state index >= 15 is 0 Å². The minimum absolute atomic E-state index is 0.0460. The van der Waals surface area contributed by atoms with E-state index in [1.54, 1.807) is 45.0 Å². The van der Waals surface area contributed by atoms with Crippen LogP contribution in [0.4, 0.5) is 0 Å². The van der Waals surface area contributed by atoms with Crippen LogP contribution < -0.4 is 9.46 Å². The molecule has 1 N–H and O–H groups in total. The summed E-state index contributed by atoms with van der Waals surface area (Å²) in [5.41, 5.74) is 0.192. The van der Waals surface area contributed by atoms with E-state index in [4.69, 9.17) is 21.1 Å². The summed E-state index contributed by atoms with van der Waals surface area (Å²) in [6.07, 6.45) is 0. The van der Waals surface area contributed by atoms with E-state index in [1.807, 2.05) is 0 Å². The van der Waals surface area contributed by atoms with Gasteiger partial charge in [-0.2, -0.15) is 0 Å². The molecule has 0 unspecified atom stereocenters. The van der Waals surface area contributed by atoms with Crippen LogP contribution >= 0.6 is 11.6 Å². The van der Waals surface area contributed by atoms with Gasteiger partial charge in [-0.1, -0.05) is 23.7 Å². The van der Waals surface area contributed by atoms with Crippen molar-refractivity contribution in [2.24, 2.45) is 0 Å². The van der Waals surface area contributed by atoms with Crippen LogP contribution in [0.25, 0.3) is 0 Å². The number of benzene rings is 2. The van der Waals surface area contributed by atoms with Crippen molar-refractivity contribution < 1.29 is 22.7 Å². The van der Waals surface area contributed by atoms with Crippen molar-refractivity contribution in [2.75, 3.05) is 7.11 Å². The Kier molecular flexibility index (Phi) is 6.51. The molecule has 0 radical (unpaired) electrons. The lowest BCUT2D eigenvalue weighted by Gasteiger charge is -2.21. The fourth-order valence-electron chi connectivity index (χ4n) is 2.28. The molecule has 0 amide bonds. The first-order valence-electron chi connectivity index (χ1n) is 8.15. The third-order valence-corrected chi connectivity index (χ3v) is 5.44. The highest BCUT2D eigenvalue weighted by atomic mass is 35.5. The molecule has 0 aromatic heterocycles. The zero-order valence-corrected chi connectivity index (χ0v) is 17.1. The molecular formula is C19H22ClNO5S. The summed E-state index contributed by atoms with van der Waals surface area (Å²) in [5, 5.41) is 0.585. The van der Waals surface area contributed by atoms with Gasteiger partial charge in [0.1, 0.15) is 17.3 Å². The Morgan fingerprint density at radius 1 is 1.11 bits per heavy atom. The van der Waals surface area contributed by atoms with E-state index in [1.165, 1.54) is 25.3 Å². The number of hydrogen-bond acceptors (Lipinski definition) is 5. The van der Waals surface area contributed by atoms with E-state index in [2.05, 4.69) is 4.72 Å². The van der Waals surface area contributed by atoms with Gasteiger partial charge in [0.2, 0.25) is 10.0 Å². The molecule has 0 saturated heterocycles. The SMILES string of the molecule is COc1ccc(C(=O)OCc2ccc(Cl)cc2)cc1S(=O)(=O)NC(C)(C)C. The molecule has 0 saturated carbocycles. The Balaban J connectivity index is 2.25. The molecular weight excluding hydrogens is 390 g/mol. The summed E-state index contributed by atoms with van der Waals surface area (Å²) >= 11 is 5.82. The lowest BCUT2D eigenvalue weighted by molar-refractivity contribution is 0.0472. The zero-order chi connectivity index (χ0) is 20.2. The van der Waals surface area contributed by atoms with Gasteiger partial charge >= 0.3 is 5.97 Å². The van der Waals surface area contributed by atoms with Crippen LogP contribution in [-0.4, -0.2) is 27.0 Å². The van der Waals surface area contributed by atoms with Crippen molar-refractivity contribution in [1.29, 1.82) is 0 Å². The number of methoxy groups -OCH3 is 1. The minimum atomic E-state index is -3.89. The summed E-state index contributed by atoms with van der Waals surface area (Å²) in [5.74, 6) is -0.499. The molecule has 0 heterocycles. The third-order valence-electron chi connectivity index (χ3n) is 3.41. The fourth-order valence-corrected chi connectivity index (χ4v) is 4.03. The Hall–Kier alpha value is -2.09. The average molecular weight is 412 g/mol. The molecule has 27 heavy (non-hydrogen) atoms. The van der Waals surface area contributed by atoms with E-state index in [-0.39, 0.29) is 22.8 Å². The van der Waals surface area contributed by atoms with Crippen LogP contribution in [0.5, 0.6) is 5.75 Å². The summed E-state index contributed by atoms with van der Waals surface area (Å²) in [7, 11) is -2.52. The summed E-state index contributed by atoms with van der Waals surface area (Å²) in [4.78, 5) is 12.2. The highest BCUT2D eigenvalue weighted by Crippen LogP contribution is 2.26. The molecule has 2 aromatic carbocycles. The molecule has 0 atom stereocenters. The minimum Gasteiger partial charge on any atom is -0.495 e. The molecule has 2 aromatic rings. The van der Waals surface area contributed by atoms with E-state index in [0.717, 1.165) is 5.56 Å². The summed E-state index contributed by atoms with van der Waals surface area (Å²) in [6.45, 7) is 5.22. The Bertz CT molecular complexity index is 918. The largest absolute Gasteiger partial charge is 0.495 e. The zero-order valence-electron chi connectivity index (χ0n) is 15.6. The van der Waals surface area contributed by atoms with Gasteiger partial charge in [0.25, 0.3) is 0 Å². The van der Waals surface area contributed by atoms with Crippen molar-refractivity contribution in [3.63, 3.8) is 0 Å². The van der Waals surface area contributed by atoms with E-state index < -0.39 is 21.5 Å². The van der Waals surface area contributed by atoms with E-state index in [0.29, 0.717) is 5.02 Å². The predicted molar refractivity (Wildman–Crippen MR) is 104 cm³/mol. The number of ether oxygens (including phenoxy) is 2. The number of sulfonamides is 1. The Morgan fingerprint density at radius 2 is 1.74 bits per heavy atom. The summed E-state index contributed by atoms with van der Waals surface area (Å²) < 4.78 is 38.3. The first kappa shape index (κ1) is 21.2. The molecule has 8 heteroatoms. The van der Waals surface area contributed by atoms with Crippen molar-refractivity contribution in [3.8, 4) is 5.75 Å². The predicted octanol–water partition coefficient (Wildman–Crippen LogP) is 3.78. The second-order valence-corrected chi connectivity index (χ2v) is 9.01. The maximum absolute atomic E-state index is 12.7. The number of carbonyl (C=O) groups is 1. The van der Waals surface area contributed by atoms with Gasteiger partial charge in [-0.3, -0.25) is 0 Å². The maximum atomic E-state index is 12.7. The van der Waals surface area contributed by atoms with E-state index in [9.17, 15) is 13.2 Å². The topological polar surface area (TPSA) is 81.7 Å². The lowest BCUT2D eigenvalue weighted by atomic mass is 10.1. The normalized spacial score (nSPS) is 11.9. The van der Waals surface area contributed by atoms with Gasteiger partial charge in [0, 0.05) is 10.6 Å². The Labute approximate surface area is 164 Å². The van der Waals surface area contributed by atoms with Crippen LogP contribution in [0.15, 0.2) is 47.4 Å². The standard InChI is InChI=1S/C19H22ClNO5S/c1-19(2,3)21-27(23,24)17-11-14(7-10-16(17)25-4)18(22)26-12-13-5-8-15(20)9-6-13/h5-11,21H,12H2,1-4H3. The first-order chi connectivity index (χ1) is 12.5. The molecule has 0 fully saturated rings. The van der Waals surface area contributed by atoms with Gasteiger partial charge in [0.15, 0.2) is 0 Å². The van der Waals surface area contributed by atoms with Gasteiger partial charge in [-0.25, -0.2) is 17.9 Å². The Morgan fingerprint density at radius 3 is 2.30 bits per heavy atom. The smallest absolute Gasteiger partial charge is 0.338 e. The number of nitrogens with one attached hydrogen (secondary N) is 1. The molecule has 6 nitrogen and oxygen atoms in total. The summed E-state index contributed by atoms with van der Waals surface area (Å²) in [6, 6.07) is 11.0. The molecule has 0 aliphatic heterocycles. The first-order valence-corrected chi connectivity index (χ1v) is 10.0. The number of rotatable bonds is 6. The third kappa shape index (κ3) is 5.95. The van der Waals surface area contributed by atoms with Crippen molar-refractivity contribution >= 4 is 27.6 Å². The monoisotopic (exact) mass is 411 g/mol. The van der Waals surface area contributed by atoms with Crippen LogP contribution in [0.1, 0.15) is 36.7 Å². The number of halogens is 1. The van der Waals surface area contributed by atoms with Crippen molar-refractivity contribution in [2.45, 2.75) is 37.8 Å². The van der Waals surface area contributed by atoms with Gasteiger partial charge < -0.3 is 9.47 Å². The van der Waals surface area contributed by atoms with Gasteiger partial charge in [0.05, 0.1) is 12.7 Å². The van der Waals surface area contributed by atoms with Crippen LogP contribution in [0.3, 0.4) is 0 Å². The highest BCUT2D eigenvalue weighted by Gasteiger charge is 2.26. The number of carbonyl (C=O) groups excluding carboxylic acids is 1. The van der Waals surface area contributed by atoms with Crippen LogP contribution in [0, 0.1) is 0 Å². The van der Waals surface area contributed by atoms with Crippen LogP contribution in [0.2, 0.25) is 5.02 Å². The lowest BCUT2D eigenvalue weighted by Crippen LogP contribution is -2.40. The maximum Gasteiger partial charge on any atom is 0.338 e. The molecule has 0 spiro atoms. The molecule has 0 aliphatic rings. The average Bonchev–Trinajstić information content (AvgIpc) is 2.58. The number of hydrogen-bond donors (Lipinski definition) is 1. The highest BCUT2D eigenvalue weighted by molar-refractivity contribution is 7.89. The molecule has 0 aliphatic carbocycles. The van der Waals surface area contributed by atoms with Gasteiger partial charge in [-0.15, -0.1) is 0 Å². The second-order valence-electron chi connectivity index (χ2n) is 6.92. The van der Waals surface area contributed by atoms with Crippen molar-refractivity contribution in [1.82, 2.24) is 4.72 Å². The fraction of sp³-hybridized carbons (Fsp3) is 0.316. The number of esters is 1. The van der Waals surface area contributed by atoms with Crippen molar-refractivity contribution in [3.05, 3.63) is 58.6 Å². The quantitative estimate of drug-likeness (QED) is 0.731. The molecule has 146 valence electrons. The molecule has 2 rings (SSSR count).